The molecule has 150 valence electrons. The van der Waals surface area contributed by atoms with Crippen LogP contribution in [-0.4, -0.2) is 35.3 Å². The number of esters is 1. The van der Waals surface area contributed by atoms with Crippen LogP contribution in [0.5, 0.6) is 11.5 Å². The predicted octanol–water partition coefficient (Wildman–Crippen LogP) is 3.58. The number of ether oxygens (including phenoxy) is 3. The molecule has 3 aromatic rings. The summed E-state index contributed by atoms with van der Waals surface area (Å²) in [5.41, 5.74) is 0.693. The molecule has 3 rings (SSSR count). The zero-order valence-corrected chi connectivity index (χ0v) is 15.8. The number of carbonyl (C=O) groups excluding carboxylic acids is 1. The van der Waals surface area contributed by atoms with Gasteiger partial charge in [-0.15, -0.1) is 10.2 Å². The van der Waals surface area contributed by atoms with E-state index in [9.17, 15) is 14.9 Å². The van der Waals surface area contributed by atoms with Gasteiger partial charge in [-0.05, 0) is 31.2 Å². The molecule has 0 unspecified atom stereocenters. The third kappa shape index (κ3) is 4.49. The van der Waals surface area contributed by atoms with Gasteiger partial charge in [-0.2, -0.15) is 0 Å². The van der Waals surface area contributed by atoms with E-state index in [1.54, 1.807) is 13.0 Å². The predicted molar refractivity (Wildman–Crippen MR) is 99.8 cm³/mol. The number of benzene rings is 2. The molecule has 1 aromatic heterocycles. The van der Waals surface area contributed by atoms with Crippen LogP contribution >= 0.6 is 0 Å². The lowest BCUT2D eigenvalue weighted by molar-refractivity contribution is -0.384. The van der Waals surface area contributed by atoms with Crippen molar-refractivity contribution in [1.29, 1.82) is 0 Å². The maximum absolute atomic E-state index is 12.5. The Bertz CT molecular complexity index is 1010. The third-order valence-corrected chi connectivity index (χ3v) is 3.98. The van der Waals surface area contributed by atoms with E-state index < -0.39 is 17.0 Å². The summed E-state index contributed by atoms with van der Waals surface area (Å²) in [5.74, 6) is 0.511. The van der Waals surface area contributed by atoms with E-state index in [0.29, 0.717) is 17.1 Å². The van der Waals surface area contributed by atoms with E-state index in [2.05, 4.69) is 10.2 Å². The summed E-state index contributed by atoms with van der Waals surface area (Å²) >= 11 is 0. The van der Waals surface area contributed by atoms with Crippen molar-refractivity contribution in [1.82, 2.24) is 10.2 Å². The van der Waals surface area contributed by atoms with Crippen molar-refractivity contribution >= 4 is 11.7 Å². The summed E-state index contributed by atoms with van der Waals surface area (Å²) in [7, 11) is 2.95. The highest BCUT2D eigenvalue weighted by Crippen LogP contribution is 2.27. The smallest absolute Gasteiger partial charge is 0.339 e. The molecule has 0 saturated carbocycles. The van der Waals surface area contributed by atoms with Crippen LogP contribution in [0.2, 0.25) is 0 Å². The number of nitro benzene ring substituents is 1. The van der Waals surface area contributed by atoms with Crippen LogP contribution in [0, 0.1) is 10.1 Å². The molecule has 0 N–H and O–H groups in total. The minimum Gasteiger partial charge on any atom is -0.497 e. The first-order chi connectivity index (χ1) is 13.9. The summed E-state index contributed by atoms with van der Waals surface area (Å²) < 4.78 is 21.2. The first-order valence-electron chi connectivity index (χ1n) is 8.43. The first kappa shape index (κ1) is 19.8. The number of non-ortho nitro benzene ring substituents is 1. The second kappa shape index (κ2) is 8.38. The van der Waals surface area contributed by atoms with Crippen molar-refractivity contribution in [2.75, 3.05) is 14.2 Å². The van der Waals surface area contributed by atoms with Crippen LogP contribution in [-0.2, 0) is 4.74 Å². The molecule has 0 amide bonds. The lowest BCUT2D eigenvalue weighted by Gasteiger charge is -2.11. The molecule has 1 heterocycles. The standard InChI is InChI=1S/C19H17N3O7/c1-11(28-19(23)13-8-15(26-2)10-16(9-13)27-3)17-20-21-18(29-17)12-4-6-14(7-5-12)22(24)25/h4-11H,1-3H3/t11-/m1/s1. The molecule has 0 aliphatic rings. The van der Waals surface area contributed by atoms with E-state index in [1.165, 1.54) is 50.6 Å². The van der Waals surface area contributed by atoms with E-state index in [1.807, 2.05) is 0 Å². The van der Waals surface area contributed by atoms with Gasteiger partial charge in [-0.3, -0.25) is 10.1 Å². The molecule has 29 heavy (non-hydrogen) atoms. The van der Waals surface area contributed by atoms with Crippen LogP contribution < -0.4 is 9.47 Å². The van der Waals surface area contributed by atoms with Crippen molar-refractivity contribution in [3.63, 3.8) is 0 Å². The maximum Gasteiger partial charge on any atom is 0.339 e. The van der Waals surface area contributed by atoms with Gasteiger partial charge in [0.15, 0.2) is 6.10 Å². The minimum absolute atomic E-state index is 0.0514. The van der Waals surface area contributed by atoms with Gasteiger partial charge in [0.05, 0.1) is 24.7 Å². The van der Waals surface area contributed by atoms with Crippen LogP contribution in [0.4, 0.5) is 5.69 Å². The molecule has 10 nitrogen and oxygen atoms in total. The van der Waals surface area contributed by atoms with E-state index in [0.717, 1.165) is 0 Å². The average Bonchev–Trinajstić information content (AvgIpc) is 3.23. The second-order valence-corrected chi connectivity index (χ2v) is 5.90. The largest absolute Gasteiger partial charge is 0.497 e. The minimum atomic E-state index is -0.820. The van der Waals surface area contributed by atoms with Crippen molar-refractivity contribution in [2.45, 2.75) is 13.0 Å². The number of aromatic nitrogens is 2. The van der Waals surface area contributed by atoms with Crippen LogP contribution in [0.15, 0.2) is 46.9 Å². The number of hydrogen-bond acceptors (Lipinski definition) is 9. The van der Waals surface area contributed by atoms with Gasteiger partial charge >= 0.3 is 5.97 Å². The van der Waals surface area contributed by atoms with Crippen molar-refractivity contribution < 1.29 is 28.3 Å². The van der Waals surface area contributed by atoms with Crippen LogP contribution in [0.1, 0.15) is 29.3 Å². The van der Waals surface area contributed by atoms with Crippen molar-refractivity contribution in [2.24, 2.45) is 0 Å². The summed E-state index contributed by atoms with van der Waals surface area (Å²) in [6.07, 6.45) is -0.820. The Morgan fingerprint density at radius 1 is 1.07 bits per heavy atom. The first-order valence-corrected chi connectivity index (χ1v) is 8.43. The van der Waals surface area contributed by atoms with Crippen molar-refractivity contribution in [3.05, 3.63) is 64.0 Å². The van der Waals surface area contributed by atoms with Crippen LogP contribution in [0.3, 0.4) is 0 Å². The Hall–Kier alpha value is -3.95. The topological polar surface area (TPSA) is 127 Å². The fraction of sp³-hybridized carbons (Fsp3) is 0.211. The Labute approximate surface area is 165 Å². The van der Waals surface area contributed by atoms with E-state index in [4.69, 9.17) is 18.6 Å². The number of carbonyl (C=O) groups is 1. The highest BCUT2D eigenvalue weighted by atomic mass is 16.6. The van der Waals surface area contributed by atoms with Gasteiger partial charge in [0.25, 0.3) is 11.6 Å². The summed E-state index contributed by atoms with van der Waals surface area (Å²) in [5, 5.41) is 18.5. The molecule has 0 bridgehead atoms. The Morgan fingerprint density at radius 2 is 1.69 bits per heavy atom. The molecular weight excluding hydrogens is 382 g/mol. The average molecular weight is 399 g/mol. The SMILES string of the molecule is COc1cc(OC)cc(C(=O)O[C@H](C)c2nnc(-c3ccc([N+](=O)[O-])cc3)o2)c1. The zero-order valence-electron chi connectivity index (χ0n) is 15.8. The normalized spacial score (nSPS) is 11.6. The molecule has 0 saturated heterocycles. The van der Waals surface area contributed by atoms with E-state index in [-0.39, 0.29) is 23.0 Å². The fourth-order valence-electron chi connectivity index (χ4n) is 2.45. The molecule has 1 atom stereocenters. The van der Waals surface area contributed by atoms with Gasteiger partial charge < -0.3 is 18.6 Å². The monoisotopic (exact) mass is 399 g/mol. The van der Waals surface area contributed by atoms with Gasteiger partial charge in [0.1, 0.15) is 11.5 Å². The van der Waals surface area contributed by atoms with Gasteiger partial charge in [-0.1, -0.05) is 0 Å². The van der Waals surface area contributed by atoms with Crippen LogP contribution in [0.25, 0.3) is 11.5 Å². The number of methoxy groups -OCH3 is 2. The quantitative estimate of drug-likeness (QED) is 0.333. The Morgan fingerprint density at radius 3 is 2.24 bits per heavy atom. The summed E-state index contributed by atoms with van der Waals surface area (Å²) in [6.45, 7) is 1.59. The maximum atomic E-state index is 12.5. The number of rotatable bonds is 7. The molecular formula is C19H17N3O7. The second-order valence-electron chi connectivity index (χ2n) is 5.90. The Balaban J connectivity index is 1.74. The summed E-state index contributed by atoms with van der Waals surface area (Å²) in [6, 6.07) is 10.3. The van der Waals surface area contributed by atoms with Gasteiger partial charge in [0.2, 0.25) is 5.89 Å². The molecule has 0 spiro atoms. The molecule has 10 heteroatoms. The molecule has 2 aromatic carbocycles. The number of nitro groups is 1. The summed E-state index contributed by atoms with van der Waals surface area (Å²) in [4.78, 5) is 22.7. The zero-order chi connectivity index (χ0) is 21.0. The molecule has 0 radical (unpaired) electrons. The highest BCUT2D eigenvalue weighted by molar-refractivity contribution is 5.90. The Kier molecular flexibility index (Phi) is 5.72. The molecule has 0 fully saturated rings. The lowest BCUT2D eigenvalue weighted by atomic mass is 10.2. The van der Waals surface area contributed by atoms with Crippen molar-refractivity contribution in [3.8, 4) is 23.0 Å². The highest BCUT2D eigenvalue weighted by Gasteiger charge is 2.21. The lowest BCUT2D eigenvalue weighted by Crippen LogP contribution is -2.10. The molecule has 0 aliphatic carbocycles. The number of nitrogens with zero attached hydrogens (tertiary/aromatic N) is 3. The third-order valence-electron chi connectivity index (χ3n) is 3.98. The van der Waals surface area contributed by atoms with E-state index >= 15 is 0 Å². The van der Waals surface area contributed by atoms with Gasteiger partial charge in [0, 0.05) is 23.8 Å². The number of hydrogen-bond donors (Lipinski definition) is 0. The fourth-order valence-corrected chi connectivity index (χ4v) is 2.45. The van der Waals surface area contributed by atoms with Gasteiger partial charge in [-0.25, -0.2) is 4.79 Å². The molecule has 0 aliphatic heterocycles.